The molecule has 0 spiro atoms. The molecule has 3 heterocycles. The molecule has 0 aliphatic carbocycles. The number of carbonyl (C=O) groups is 2. The molecule has 0 aliphatic rings. The number of Topliss-reactive ketones (excluding diaryl/α,β-unsaturated/α-hetero) is 1. The maximum atomic E-state index is 13.3. The Balaban J connectivity index is 1.73. The number of amides is 1. The van der Waals surface area contributed by atoms with E-state index < -0.39 is 29.8 Å². The van der Waals surface area contributed by atoms with Crippen LogP contribution in [0.3, 0.4) is 0 Å². The largest absolute Gasteiger partial charge is 0.495 e. The molecule has 1 unspecified atom stereocenters. The highest BCUT2D eigenvalue weighted by molar-refractivity contribution is 6.31. The van der Waals surface area contributed by atoms with E-state index in [4.69, 9.17) is 26.5 Å². The number of nitrogens with zero attached hydrogens (tertiary/aromatic N) is 4. The van der Waals surface area contributed by atoms with Crippen LogP contribution in [0.25, 0.3) is 22.6 Å². The van der Waals surface area contributed by atoms with Crippen molar-refractivity contribution in [1.82, 2.24) is 19.7 Å². The molecule has 202 valence electrons. The Labute approximate surface area is 225 Å². The highest BCUT2D eigenvalue weighted by Crippen LogP contribution is 2.38. The summed E-state index contributed by atoms with van der Waals surface area (Å²) in [5.74, 6) is -1.78. The van der Waals surface area contributed by atoms with Crippen molar-refractivity contribution in [3.8, 4) is 28.3 Å². The number of ketones is 1. The van der Waals surface area contributed by atoms with Crippen molar-refractivity contribution >= 4 is 23.3 Å². The SMILES string of the molecule is CCC(C(=O)Cc1ccc(C(N)=O)nc1)n1cc(OC)c(-c2cc(Cl)ccc2-c2nnc(C(F)F)o2)cc1=O. The lowest BCUT2D eigenvalue weighted by molar-refractivity contribution is -0.121. The Morgan fingerprint density at radius 3 is 2.49 bits per heavy atom. The van der Waals surface area contributed by atoms with Crippen molar-refractivity contribution in [1.29, 1.82) is 0 Å². The average molecular weight is 558 g/mol. The van der Waals surface area contributed by atoms with Crippen LogP contribution in [-0.2, 0) is 11.2 Å². The van der Waals surface area contributed by atoms with E-state index in [1.165, 1.54) is 54.4 Å². The first kappa shape index (κ1) is 27.6. The van der Waals surface area contributed by atoms with E-state index in [0.29, 0.717) is 22.6 Å². The number of ether oxygens (including phenoxy) is 1. The lowest BCUT2D eigenvalue weighted by Gasteiger charge is -2.20. The van der Waals surface area contributed by atoms with Crippen LogP contribution >= 0.6 is 11.6 Å². The first-order chi connectivity index (χ1) is 18.6. The minimum Gasteiger partial charge on any atom is -0.495 e. The maximum absolute atomic E-state index is 13.3. The van der Waals surface area contributed by atoms with Crippen LogP contribution in [0.4, 0.5) is 8.78 Å². The van der Waals surface area contributed by atoms with Gasteiger partial charge in [-0.1, -0.05) is 24.6 Å². The van der Waals surface area contributed by atoms with Crippen molar-refractivity contribution in [2.24, 2.45) is 5.73 Å². The second kappa shape index (κ2) is 11.5. The zero-order valence-corrected chi connectivity index (χ0v) is 21.5. The van der Waals surface area contributed by atoms with Gasteiger partial charge < -0.3 is 19.5 Å². The molecule has 0 fully saturated rings. The predicted octanol–water partition coefficient (Wildman–Crippen LogP) is 4.42. The molecule has 0 radical (unpaired) electrons. The van der Waals surface area contributed by atoms with Crippen LogP contribution in [0.5, 0.6) is 5.75 Å². The molecule has 1 aromatic carbocycles. The Kier molecular flexibility index (Phi) is 8.15. The lowest BCUT2D eigenvalue weighted by Crippen LogP contribution is -2.30. The Morgan fingerprint density at radius 1 is 1.13 bits per heavy atom. The van der Waals surface area contributed by atoms with Crippen molar-refractivity contribution in [2.45, 2.75) is 32.2 Å². The van der Waals surface area contributed by atoms with Crippen LogP contribution in [0.15, 0.2) is 58.0 Å². The standard InChI is InChI=1S/C26H22ClF2N5O5/c1-3-19(20(35)8-13-4-7-18(24(30)37)31-11-13)34-12-21(38-2)17(10-22(34)36)16-9-14(27)5-6-15(16)25-32-33-26(39-25)23(28)29/h4-7,9-12,19,23H,3,8H2,1-2H3,(H2,30,37). The first-order valence-corrected chi connectivity index (χ1v) is 12.0. The zero-order chi connectivity index (χ0) is 28.3. The van der Waals surface area contributed by atoms with E-state index in [2.05, 4.69) is 15.2 Å². The lowest BCUT2D eigenvalue weighted by atomic mass is 9.98. The summed E-state index contributed by atoms with van der Waals surface area (Å²) in [7, 11) is 1.38. The van der Waals surface area contributed by atoms with Gasteiger partial charge in [-0.3, -0.25) is 19.4 Å². The maximum Gasteiger partial charge on any atom is 0.314 e. The van der Waals surface area contributed by atoms with Gasteiger partial charge in [0.15, 0.2) is 5.78 Å². The highest BCUT2D eigenvalue weighted by Gasteiger charge is 2.25. The number of halogens is 3. The van der Waals surface area contributed by atoms with Crippen LogP contribution in [0.2, 0.25) is 5.02 Å². The van der Waals surface area contributed by atoms with Gasteiger partial charge in [0.2, 0.25) is 5.89 Å². The number of rotatable bonds is 10. The summed E-state index contributed by atoms with van der Waals surface area (Å²) in [6.07, 6.45) is 0.0921. The highest BCUT2D eigenvalue weighted by atomic mass is 35.5. The van der Waals surface area contributed by atoms with Crippen molar-refractivity contribution in [3.05, 3.63) is 81.3 Å². The molecule has 4 aromatic rings. The number of aromatic nitrogens is 4. The molecule has 1 atom stereocenters. The minimum atomic E-state index is -2.96. The van der Waals surface area contributed by atoms with E-state index in [9.17, 15) is 23.2 Å². The number of pyridine rings is 2. The molecule has 10 nitrogen and oxygen atoms in total. The summed E-state index contributed by atoms with van der Waals surface area (Å²) in [6.45, 7) is 1.76. The van der Waals surface area contributed by atoms with Gasteiger partial charge in [0.05, 0.1) is 19.3 Å². The summed E-state index contributed by atoms with van der Waals surface area (Å²) in [5.41, 5.74) is 6.17. The van der Waals surface area contributed by atoms with Gasteiger partial charge in [-0.05, 0) is 41.8 Å². The number of hydrogen-bond acceptors (Lipinski definition) is 8. The summed E-state index contributed by atoms with van der Waals surface area (Å²) in [6, 6.07) is 7.94. The summed E-state index contributed by atoms with van der Waals surface area (Å²) in [4.78, 5) is 41.7. The van der Waals surface area contributed by atoms with Crippen LogP contribution in [-0.4, -0.2) is 38.5 Å². The molecule has 0 aliphatic heterocycles. The molecule has 4 rings (SSSR count). The molecular weight excluding hydrogens is 536 g/mol. The molecule has 0 saturated carbocycles. The van der Waals surface area contributed by atoms with E-state index in [-0.39, 0.29) is 40.7 Å². The molecule has 0 bridgehead atoms. The van der Waals surface area contributed by atoms with Gasteiger partial charge in [0, 0.05) is 34.8 Å². The Morgan fingerprint density at radius 2 is 1.90 bits per heavy atom. The van der Waals surface area contributed by atoms with Crippen molar-refractivity contribution in [2.75, 3.05) is 7.11 Å². The second-order valence-electron chi connectivity index (χ2n) is 8.42. The fourth-order valence-electron chi connectivity index (χ4n) is 4.08. The van der Waals surface area contributed by atoms with Gasteiger partial charge in [0.1, 0.15) is 11.4 Å². The van der Waals surface area contributed by atoms with E-state index >= 15 is 0 Å². The number of carbonyl (C=O) groups excluding carboxylic acids is 2. The van der Waals surface area contributed by atoms with Gasteiger partial charge in [-0.25, -0.2) is 0 Å². The Bertz CT molecular complexity index is 1590. The number of alkyl halides is 2. The fraction of sp³-hybridized carbons (Fsp3) is 0.231. The number of benzene rings is 1. The second-order valence-corrected chi connectivity index (χ2v) is 8.86. The van der Waals surface area contributed by atoms with E-state index in [1.807, 2.05) is 0 Å². The first-order valence-electron chi connectivity index (χ1n) is 11.6. The molecular formula is C26H22ClF2N5O5. The topological polar surface area (TPSA) is 143 Å². The number of nitrogens with two attached hydrogens (primary N) is 1. The third-order valence-corrected chi connectivity index (χ3v) is 6.18. The summed E-state index contributed by atoms with van der Waals surface area (Å²) in [5, 5.41) is 7.36. The van der Waals surface area contributed by atoms with Crippen molar-refractivity contribution in [3.63, 3.8) is 0 Å². The fourth-order valence-corrected chi connectivity index (χ4v) is 4.25. The normalized spacial score (nSPS) is 11.9. The van der Waals surface area contributed by atoms with E-state index in [0.717, 1.165) is 0 Å². The van der Waals surface area contributed by atoms with Crippen LogP contribution < -0.4 is 16.0 Å². The van der Waals surface area contributed by atoms with Crippen LogP contribution in [0, 0.1) is 0 Å². The zero-order valence-electron chi connectivity index (χ0n) is 20.7. The third kappa shape index (κ3) is 5.85. The van der Waals surface area contributed by atoms with Crippen molar-refractivity contribution < 1.29 is 27.5 Å². The molecule has 1 amide bonds. The minimum absolute atomic E-state index is 0.0386. The quantitative estimate of drug-likeness (QED) is 0.302. The van der Waals surface area contributed by atoms with E-state index in [1.54, 1.807) is 13.0 Å². The monoisotopic (exact) mass is 557 g/mol. The van der Waals surface area contributed by atoms with Crippen LogP contribution in [0.1, 0.15) is 47.8 Å². The number of methoxy groups -OCH3 is 1. The molecule has 3 aromatic heterocycles. The third-order valence-electron chi connectivity index (χ3n) is 5.94. The molecule has 2 N–H and O–H groups in total. The van der Waals surface area contributed by atoms with Gasteiger partial charge >= 0.3 is 6.43 Å². The summed E-state index contributed by atoms with van der Waals surface area (Å²) >= 11 is 6.21. The molecule has 13 heteroatoms. The predicted molar refractivity (Wildman–Crippen MR) is 137 cm³/mol. The Hall–Kier alpha value is -4.45. The van der Waals surface area contributed by atoms with Gasteiger partial charge in [-0.2, -0.15) is 8.78 Å². The molecule has 39 heavy (non-hydrogen) atoms. The summed E-state index contributed by atoms with van der Waals surface area (Å²) < 4.78 is 38.0. The average Bonchev–Trinajstić information content (AvgIpc) is 3.40. The number of hydrogen-bond donors (Lipinski definition) is 1. The smallest absolute Gasteiger partial charge is 0.314 e. The van der Waals surface area contributed by atoms with Gasteiger partial charge in [-0.15, -0.1) is 10.2 Å². The van der Waals surface area contributed by atoms with Gasteiger partial charge in [0.25, 0.3) is 17.4 Å². The molecule has 0 saturated heterocycles. The number of primary amides is 1.